The number of hydrogen-bond donors (Lipinski definition) is 2. The Bertz CT molecular complexity index is 987. The van der Waals surface area contributed by atoms with Gasteiger partial charge in [-0.3, -0.25) is 9.59 Å². The van der Waals surface area contributed by atoms with Crippen molar-refractivity contribution in [2.45, 2.75) is 20.0 Å². The van der Waals surface area contributed by atoms with Crippen molar-refractivity contribution in [2.24, 2.45) is 5.92 Å². The van der Waals surface area contributed by atoms with Crippen molar-refractivity contribution < 1.29 is 14.3 Å². The fourth-order valence-electron chi connectivity index (χ4n) is 3.19. The number of carbonyl (C=O) groups is 2. The first-order chi connectivity index (χ1) is 14.4. The maximum Gasteiger partial charge on any atom is 0.265 e. The van der Waals surface area contributed by atoms with Crippen LogP contribution in [-0.4, -0.2) is 37.6 Å². The van der Waals surface area contributed by atoms with Crippen LogP contribution in [0.1, 0.15) is 19.4 Å². The van der Waals surface area contributed by atoms with Crippen molar-refractivity contribution in [3.05, 3.63) is 53.1 Å². The molecule has 2 amide bonds. The van der Waals surface area contributed by atoms with E-state index in [2.05, 4.69) is 16.7 Å². The molecule has 1 saturated heterocycles. The van der Waals surface area contributed by atoms with E-state index in [9.17, 15) is 14.9 Å². The highest BCUT2D eigenvalue weighted by Crippen LogP contribution is 2.30. The molecule has 0 saturated carbocycles. The largest absolute Gasteiger partial charge is 0.479 e. The van der Waals surface area contributed by atoms with Crippen LogP contribution in [0.3, 0.4) is 0 Å². The van der Waals surface area contributed by atoms with Gasteiger partial charge >= 0.3 is 0 Å². The van der Waals surface area contributed by atoms with Crippen LogP contribution >= 0.6 is 11.6 Å². The molecule has 0 aliphatic carbocycles. The highest BCUT2D eigenvalue weighted by molar-refractivity contribution is 6.33. The third-order valence-electron chi connectivity index (χ3n) is 4.72. The highest BCUT2D eigenvalue weighted by Gasteiger charge is 2.26. The summed E-state index contributed by atoms with van der Waals surface area (Å²) in [5.41, 5.74) is 1.64. The Kier molecular flexibility index (Phi) is 6.80. The van der Waals surface area contributed by atoms with Gasteiger partial charge in [0.15, 0.2) is 6.10 Å². The summed E-state index contributed by atoms with van der Waals surface area (Å²) in [6, 6.07) is 14.1. The lowest BCUT2D eigenvalue weighted by Gasteiger charge is -2.29. The van der Waals surface area contributed by atoms with E-state index in [0.29, 0.717) is 35.1 Å². The van der Waals surface area contributed by atoms with E-state index in [4.69, 9.17) is 16.3 Å². The van der Waals surface area contributed by atoms with E-state index in [1.54, 1.807) is 42.5 Å². The number of ether oxygens (including phenoxy) is 1. The minimum atomic E-state index is -0.788. The second-order valence-corrected chi connectivity index (χ2v) is 7.72. The van der Waals surface area contributed by atoms with Crippen molar-refractivity contribution in [2.75, 3.05) is 29.9 Å². The van der Waals surface area contributed by atoms with Gasteiger partial charge in [0, 0.05) is 18.8 Å². The molecule has 2 aromatic rings. The Morgan fingerprint density at radius 3 is 2.73 bits per heavy atom. The van der Waals surface area contributed by atoms with Crippen molar-refractivity contribution >= 4 is 34.8 Å². The lowest BCUT2D eigenvalue weighted by molar-refractivity contribution is -0.124. The predicted molar refractivity (Wildman–Crippen MR) is 116 cm³/mol. The Balaban J connectivity index is 1.73. The number of nitriles is 1. The Hall–Kier alpha value is -3.24. The molecule has 1 aliphatic rings. The van der Waals surface area contributed by atoms with E-state index in [-0.39, 0.29) is 24.3 Å². The average Bonchev–Trinajstić information content (AvgIpc) is 2.72. The summed E-state index contributed by atoms with van der Waals surface area (Å²) in [6.07, 6.45) is -0.788. The summed E-state index contributed by atoms with van der Waals surface area (Å²) < 4.78 is 5.87. The zero-order valence-electron chi connectivity index (χ0n) is 16.8. The minimum absolute atomic E-state index is 0.0516. The number of halogens is 1. The summed E-state index contributed by atoms with van der Waals surface area (Å²) >= 11 is 6.41. The molecular formula is C22H23ClN4O3. The van der Waals surface area contributed by atoms with Gasteiger partial charge in [-0.1, -0.05) is 37.6 Å². The van der Waals surface area contributed by atoms with E-state index in [0.717, 1.165) is 5.69 Å². The van der Waals surface area contributed by atoms with Gasteiger partial charge in [-0.2, -0.15) is 5.26 Å². The van der Waals surface area contributed by atoms with Gasteiger partial charge in [0.2, 0.25) is 5.91 Å². The van der Waals surface area contributed by atoms with E-state index in [1.807, 2.05) is 18.7 Å². The normalized spacial score (nSPS) is 14.6. The first-order valence-electron chi connectivity index (χ1n) is 9.67. The van der Waals surface area contributed by atoms with Crippen molar-refractivity contribution in [1.29, 1.82) is 5.26 Å². The molecular weight excluding hydrogens is 404 g/mol. The van der Waals surface area contributed by atoms with Gasteiger partial charge in [-0.05, 0) is 36.2 Å². The zero-order valence-corrected chi connectivity index (χ0v) is 17.6. The second kappa shape index (κ2) is 9.51. The molecule has 7 nitrogen and oxygen atoms in total. The third-order valence-corrected chi connectivity index (χ3v) is 5.02. The zero-order chi connectivity index (χ0) is 21.7. The molecule has 3 rings (SSSR count). The minimum Gasteiger partial charge on any atom is -0.479 e. The fourth-order valence-corrected chi connectivity index (χ4v) is 3.49. The number of hydrogen-bond acceptors (Lipinski definition) is 5. The van der Waals surface area contributed by atoms with Crippen molar-refractivity contribution in [3.63, 3.8) is 0 Å². The Morgan fingerprint density at radius 2 is 2.07 bits per heavy atom. The number of nitrogens with one attached hydrogen (secondary N) is 2. The molecule has 1 heterocycles. The summed E-state index contributed by atoms with van der Waals surface area (Å²) in [5, 5.41) is 15.3. The Morgan fingerprint density at radius 1 is 1.30 bits per heavy atom. The van der Waals surface area contributed by atoms with Crippen molar-refractivity contribution in [1.82, 2.24) is 5.32 Å². The van der Waals surface area contributed by atoms with Crippen LogP contribution in [0.15, 0.2) is 42.5 Å². The SMILES string of the molecule is CC(C)C(Oc1ccccc1C#N)C(=O)Nc1ccc(N2CCNC(=O)C2)c(Cl)c1. The van der Waals surface area contributed by atoms with Gasteiger partial charge in [-0.15, -0.1) is 0 Å². The number of benzene rings is 2. The number of nitrogens with zero attached hydrogens (tertiary/aromatic N) is 2. The molecule has 0 spiro atoms. The van der Waals surface area contributed by atoms with Crippen LogP contribution in [0, 0.1) is 17.2 Å². The smallest absolute Gasteiger partial charge is 0.265 e. The fraction of sp³-hybridized carbons (Fsp3) is 0.318. The van der Waals surface area contributed by atoms with Crippen LogP contribution in [0.25, 0.3) is 0 Å². The van der Waals surface area contributed by atoms with Gasteiger partial charge in [0.25, 0.3) is 5.91 Å². The van der Waals surface area contributed by atoms with Gasteiger partial charge < -0.3 is 20.3 Å². The number of carbonyl (C=O) groups excluding carboxylic acids is 2. The summed E-state index contributed by atoms with van der Waals surface area (Å²) in [7, 11) is 0. The maximum atomic E-state index is 12.9. The molecule has 0 radical (unpaired) electrons. The van der Waals surface area contributed by atoms with Crippen LogP contribution < -0.4 is 20.3 Å². The summed E-state index contributed by atoms with van der Waals surface area (Å²) in [4.78, 5) is 26.4. The first kappa shape index (κ1) is 21.5. The molecule has 1 atom stereocenters. The molecule has 30 heavy (non-hydrogen) atoms. The molecule has 8 heteroatoms. The lowest BCUT2D eigenvalue weighted by Crippen LogP contribution is -2.47. The Labute approximate surface area is 180 Å². The molecule has 156 valence electrons. The first-order valence-corrected chi connectivity index (χ1v) is 10.0. The van der Waals surface area contributed by atoms with Crippen LogP contribution in [-0.2, 0) is 9.59 Å². The lowest BCUT2D eigenvalue weighted by atomic mass is 10.1. The molecule has 1 unspecified atom stereocenters. The van der Waals surface area contributed by atoms with E-state index >= 15 is 0 Å². The number of rotatable bonds is 6. The second-order valence-electron chi connectivity index (χ2n) is 7.32. The van der Waals surface area contributed by atoms with Gasteiger partial charge in [0.1, 0.15) is 11.8 Å². The number of amides is 2. The van der Waals surface area contributed by atoms with E-state index in [1.165, 1.54) is 0 Å². The van der Waals surface area contributed by atoms with Crippen molar-refractivity contribution in [3.8, 4) is 11.8 Å². The van der Waals surface area contributed by atoms with E-state index < -0.39 is 6.10 Å². The molecule has 0 bridgehead atoms. The highest BCUT2D eigenvalue weighted by atomic mass is 35.5. The molecule has 1 fully saturated rings. The van der Waals surface area contributed by atoms with Crippen LogP contribution in [0.2, 0.25) is 5.02 Å². The number of para-hydroxylation sites is 1. The number of piperazine rings is 1. The van der Waals surface area contributed by atoms with Gasteiger partial charge in [-0.25, -0.2) is 0 Å². The third kappa shape index (κ3) is 5.02. The quantitative estimate of drug-likeness (QED) is 0.739. The van der Waals surface area contributed by atoms with Gasteiger partial charge in [0.05, 0.1) is 22.8 Å². The topological polar surface area (TPSA) is 94.5 Å². The average molecular weight is 427 g/mol. The number of anilines is 2. The monoisotopic (exact) mass is 426 g/mol. The van der Waals surface area contributed by atoms with Crippen LogP contribution in [0.4, 0.5) is 11.4 Å². The predicted octanol–water partition coefficient (Wildman–Crippen LogP) is 3.19. The molecule has 2 aromatic carbocycles. The summed E-state index contributed by atoms with van der Waals surface area (Å²) in [6.45, 7) is 5.21. The van der Waals surface area contributed by atoms with Crippen LogP contribution in [0.5, 0.6) is 5.75 Å². The molecule has 0 aromatic heterocycles. The molecule has 2 N–H and O–H groups in total. The maximum absolute atomic E-state index is 12.9. The summed E-state index contributed by atoms with van der Waals surface area (Å²) in [5.74, 6) is -0.146. The standard InChI is InChI=1S/C22H23ClN4O3/c1-14(2)21(30-19-6-4-3-5-15(19)12-24)22(29)26-16-7-8-18(17(23)11-16)27-10-9-25-20(28)13-27/h3-8,11,14,21H,9-10,13H2,1-2H3,(H,25,28)(H,26,29). The molecule has 1 aliphatic heterocycles.